The molecule has 0 bridgehead atoms. The van der Waals surface area contributed by atoms with Crippen molar-refractivity contribution in [1.29, 1.82) is 0 Å². The van der Waals surface area contributed by atoms with E-state index in [1.807, 2.05) is 6.08 Å². The van der Waals surface area contributed by atoms with Crippen LogP contribution >= 0.6 is 0 Å². The van der Waals surface area contributed by atoms with E-state index < -0.39 is 0 Å². The minimum atomic E-state index is 0.285. The first-order chi connectivity index (χ1) is 5.20. The van der Waals surface area contributed by atoms with E-state index in [2.05, 4.69) is 19.6 Å². The Morgan fingerprint density at radius 2 is 2.09 bits per heavy atom. The zero-order valence-corrected chi connectivity index (χ0v) is 6.83. The van der Waals surface area contributed by atoms with Crippen LogP contribution in [0, 0.1) is 5.92 Å². The lowest BCUT2D eigenvalue weighted by molar-refractivity contribution is 0.432. The Morgan fingerprint density at radius 1 is 1.36 bits per heavy atom. The highest BCUT2D eigenvalue weighted by Crippen LogP contribution is 2.12. The van der Waals surface area contributed by atoms with Crippen molar-refractivity contribution >= 4 is 0 Å². The van der Waals surface area contributed by atoms with Crippen LogP contribution in [0.1, 0.15) is 13.8 Å². The van der Waals surface area contributed by atoms with Crippen molar-refractivity contribution in [3.05, 3.63) is 41.4 Å². The van der Waals surface area contributed by atoms with Crippen LogP contribution in [0.15, 0.2) is 41.4 Å². The van der Waals surface area contributed by atoms with Gasteiger partial charge in [-0.15, -0.1) is 5.73 Å². The average molecular weight is 148 g/mol. The van der Waals surface area contributed by atoms with Crippen LogP contribution in [0.25, 0.3) is 0 Å². The molecule has 58 valence electrons. The molecule has 0 heterocycles. The molecule has 11 heavy (non-hydrogen) atoms. The van der Waals surface area contributed by atoms with E-state index in [1.165, 1.54) is 0 Å². The predicted molar refractivity (Wildman–Crippen MR) is 46.3 cm³/mol. The fourth-order valence-electron chi connectivity index (χ4n) is 0.861. The highest BCUT2D eigenvalue weighted by Gasteiger charge is 1.98. The average Bonchev–Trinajstić information content (AvgIpc) is 2.13. The maximum Gasteiger partial charge on any atom is 0.116 e. The lowest BCUT2D eigenvalue weighted by Gasteiger charge is -2.00. The Kier molecular flexibility index (Phi) is 2.35. The molecule has 0 aliphatic heterocycles. The zero-order valence-electron chi connectivity index (χ0n) is 6.83. The SMILES string of the molecule is CC(C)C1=C=CC=C(O)C=C1. The molecule has 0 saturated carbocycles. The van der Waals surface area contributed by atoms with Crippen LogP contribution in [0.4, 0.5) is 0 Å². The Bertz CT molecular complexity index is 261. The predicted octanol–water partition coefficient (Wildman–Crippen LogP) is 2.74. The first kappa shape index (κ1) is 7.90. The van der Waals surface area contributed by atoms with Gasteiger partial charge in [-0.3, -0.25) is 0 Å². The quantitative estimate of drug-likeness (QED) is 0.567. The third-order valence-corrected chi connectivity index (χ3v) is 1.56. The Morgan fingerprint density at radius 3 is 2.73 bits per heavy atom. The zero-order chi connectivity index (χ0) is 8.27. The molecule has 0 saturated heterocycles. The molecule has 0 amide bonds. The first-order valence-corrected chi connectivity index (χ1v) is 3.74. The summed E-state index contributed by atoms with van der Waals surface area (Å²) in [6.07, 6.45) is 6.95. The summed E-state index contributed by atoms with van der Waals surface area (Å²) in [5, 5.41) is 9.08. The Labute approximate surface area is 67.1 Å². The van der Waals surface area contributed by atoms with Crippen molar-refractivity contribution < 1.29 is 5.11 Å². The second-order valence-electron chi connectivity index (χ2n) is 2.85. The second-order valence-corrected chi connectivity index (χ2v) is 2.85. The van der Waals surface area contributed by atoms with Crippen LogP contribution in [-0.4, -0.2) is 5.11 Å². The third-order valence-electron chi connectivity index (χ3n) is 1.56. The molecule has 0 atom stereocenters. The number of hydrogen-bond donors (Lipinski definition) is 1. The summed E-state index contributed by atoms with van der Waals surface area (Å²) in [5.41, 5.74) is 4.20. The van der Waals surface area contributed by atoms with Crippen molar-refractivity contribution in [3.63, 3.8) is 0 Å². The number of rotatable bonds is 1. The van der Waals surface area contributed by atoms with E-state index in [4.69, 9.17) is 5.11 Å². The molecule has 0 aromatic carbocycles. The van der Waals surface area contributed by atoms with Gasteiger partial charge in [0.05, 0.1) is 0 Å². The maximum absolute atomic E-state index is 9.08. The van der Waals surface area contributed by atoms with E-state index in [1.54, 1.807) is 18.2 Å². The van der Waals surface area contributed by atoms with Crippen LogP contribution < -0.4 is 0 Å². The van der Waals surface area contributed by atoms with E-state index in [0.29, 0.717) is 5.92 Å². The van der Waals surface area contributed by atoms with Gasteiger partial charge in [-0.1, -0.05) is 13.8 Å². The fraction of sp³-hybridized carbons (Fsp3) is 0.300. The van der Waals surface area contributed by atoms with Gasteiger partial charge in [-0.2, -0.15) is 0 Å². The normalized spacial score (nSPS) is 16.3. The molecule has 0 radical (unpaired) electrons. The Balaban J connectivity index is 2.90. The highest BCUT2D eigenvalue weighted by atomic mass is 16.3. The van der Waals surface area contributed by atoms with Gasteiger partial charge >= 0.3 is 0 Å². The highest BCUT2D eigenvalue weighted by molar-refractivity contribution is 5.31. The van der Waals surface area contributed by atoms with Gasteiger partial charge in [0.15, 0.2) is 0 Å². The lowest BCUT2D eigenvalue weighted by atomic mass is 10.0. The van der Waals surface area contributed by atoms with Gasteiger partial charge in [0, 0.05) is 0 Å². The molecular weight excluding hydrogens is 136 g/mol. The van der Waals surface area contributed by atoms with Gasteiger partial charge < -0.3 is 5.11 Å². The second kappa shape index (κ2) is 3.27. The summed E-state index contributed by atoms with van der Waals surface area (Å²) in [7, 11) is 0. The number of aliphatic hydroxyl groups excluding tert-OH is 1. The number of aliphatic hydroxyl groups is 1. The van der Waals surface area contributed by atoms with Crippen LogP contribution in [0.5, 0.6) is 0 Å². The smallest absolute Gasteiger partial charge is 0.116 e. The molecule has 0 aromatic heterocycles. The summed E-state index contributed by atoms with van der Waals surface area (Å²) in [5.74, 6) is 0.745. The minimum absolute atomic E-state index is 0.285. The van der Waals surface area contributed by atoms with E-state index in [9.17, 15) is 0 Å². The van der Waals surface area contributed by atoms with E-state index >= 15 is 0 Å². The third kappa shape index (κ3) is 2.14. The molecule has 1 aliphatic rings. The molecule has 1 nitrogen and oxygen atoms in total. The molecule has 0 aromatic rings. The van der Waals surface area contributed by atoms with Gasteiger partial charge in [0.2, 0.25) is 0 Å². The monoisotopic (exact) mass is 148 g/mol. The molecular formula is C10H12O. The topological polar surface area (TPSA) is 20.2 Å². The van der Waals surface area contributed by atoms with Gasteiger partial charge in [-0.05, 0) is 35.8 Å². The van der Waals surface area contributed by atoms with E-state index in [0.717, 1.165) is 5.57 Å². The van der Waals surface area contributed by atoms with Crippen molar-refractivity contribution in [2.24, 2.45) is 5.92 Å². The van der Waals surface area contributed by atoms with Crippen molar-refractivity contribution in [1.82, 2.24) is 0 Å². The largest absolute Gasteiger partial charge is 0.508 e. The Hall–Kier alpha value is -1.20. The van der Waals surface area contributed by atoms with Crippen molar-refractivity contribution in [3.8, 4) is 0 Å². The summed E-state index contributed by atoms with van der Waals surface area (Å²) in [6.45, 7) is 4.20. The molecule has 1 N–H and O–H groups in total. The molecule has 0 spiro atoms. The summed E-state index contributed by atoms with van der Waals surface area (Å²) in [4.78, 5) is 0. The van der Waals surface area contributed by atoms with Crippen LogP contribution in [0.2, 0.25) is 0 Å². The maximum atomic E-state index is 9.08. The van der Waals surface area contributed by atoms with Crippen LogP contribution in [0.3, 0.4) is 0 Å². The fourth-order valence-corrected chi connectivity index (χ4v) is 0.861. The summed E-state index contributed by atoms with van der Waals surface area (Å²) in [6, 6.07) is 0. The van der Waals surface area contributed by atoms with Gasteiger partial charge in [0.25, 0.3) is 0 Å². The minimum Gasteiger partial charge on any atom is -0.508 e. The van der Waals surface area contributed by atoms with Crippen molar-refractivity contribution in [2.75, 3.05) is 0 Å². The van der Waals surface area contributed by atoms with E-state index in [-0.39, 0.29) is 5.76 Å². The molecule has 1 aliphatic carbocycles. The standard InChI is InChI=1S/C10H12O/c1-8(2)9-4-3-5-10(11)7-6-9/h3,5-8,11H,1-2H3. The van der Waals surface area contributed by atoms with Gasteiger partial charge in [-0.25, -0.2) is 0 Å². The number of allylic oxidation sites excluding steroid dienone is 4. The molecule has 0 fully saturated rings. The molecule has 1 heteroatoms. The summed E-state index contributed by atoms with van der Waals surface area (Å²) >= 11 is 0. The van der Waals surface area contributed by atoms with Crippen LogP contribution in [-0.2, 0) is 0 Å². The molecule has 1 rings (SSSR count). The molecule has 0 unspecified atom stereocenters. The number of hydrogen-bond acceptors (Lipinski definition) is 1. The van der Waals surface area contributed by atoms with Crippen molar-refractivity contribution in [2.45, 2.75) is 13.8 Å². The first-order valence-electron chi connectivity index (χ1n) is 3.74. The summed E-state index contributed by atoms with van der Waals surface area (Å²) < 4.78 is 0. The van der Waals surface area contributed by atoms with Gasteiger partial charge in [0.1, 0.15) is 5.76 Å². The lowest BCUT2D eigenvalue weighted by Crippen LogP contribution is -1.87.